The normalized spacial score (nSPS) is 14.2. The van der Waals surface area contributed by atoms with E-state index in [1.165, 1.54) is 0 Å². The molecule has 0 aromatic heterocycles. The van der Waals surface area contributed by atoms with E-state index in [0.29, 0.717) is 5.56 Å². The lowest BCUT2D eigenvalue weighted by Crippen LogP contribution is -2.22. The van der Waals surface area contributed by atoms with E-state index in [2.05, 4.69) is 4.90 Å². The van der Waals surface area contributed by atoms with Crippen molar-refractivity contribution in [1.82, 2.24) is 9.96 Å². The minimum atomic E-state index is -3.88. The van der Waals surface area contributed by atoms with E-state index < -0.39 is 10.1 Å². The van der Waals surface area contributed by atoms with Gasteiger partial charge in [0.1, 0.15) is 12.4 Å². The third-order valence-electron chi connectivity index (χ3n) is 2.34. The molecule has 20 heavy (non-hydrogen) atoms. The summed E-state index contributed by atoms with van der Waals surface area (Å²) in [7, 11) is -1.87. The van der Waals surface area contributed by atoms with Crippen molar-refractivity contribution in [1.29, 1.82) is 0 Å². The highest BCUT2D eigenvalue weighted by Crippen LogP contribution is 2.03. The molecule has 0 amide bonds. The van der Waals surface area contributed by atoms with Crippen LogP contribution in [0.15, 0.2) is 42.7 Å². The van der Waals surface area contributed by atoms with Crippen molar-refractivity contribution in [2.45, 2.75) is 12.7 Å². The van der Waals surface area contributed by atoms with Gasteiger partial charge in [0.25, 0.3) is 10.1 Å². The van der Waals surface area contributed by atoms with Crippen LogP contribution in [0.3, 0.4) is 0 Å². The standard InChI is InChI=1S/C7H8O3S.C6H12N2O/c8-11(9,10)6-7-4-2-1-3-5-7;1-3-9-8-5-4-7(2)6-8/h1-5H,6H2,(H,8,9,10);4-5H,3,6H2,1-2H3. The first kappa shape index (κ1) is 16.5. The summed E-state index contributed by atoms with van der Waals surface area (Å²) in [5.41, 5.74) is 0.593. The van der Waals surface area contributed by atoms with Crippen LogP contribution < -0.4 is 0 Å². The molecular weight excluding hydrogens is 280 g/mol. The van der Waals surface area contributed by atoms with Gasteiger partial charge in [0.2, 0.25) is 0 Å². The van der Waals surface area contributed by atoms with Crippen LogP contribution in [0.1, 0.15) is 12.5 Å². The lowest BCUT2D eigenvalue weighted by atomic mass is 10.2. The van der Waals surface area contributed by atoms with Gasteiger partial charge in [-0.1, -0.05) is 30.3 Å². The van der Waals surface area contributed by atoms with Gasteiger partial charge in [0, 0.05) is 19.4 Å². The number of rotatable bonds is 4. The van der Waals surface area contributed by atoms with Crippen LogP contribution in [-0.2, 0) is 20.7 Å². The average molecular weight is 300 g/mol. The van der Waals surface area contributed by atoms with Gasteiger partial charge >= 0.3 is 0 Å². The van der Waals surface area contributed by atoms with Crippen LogP contribution in [0.5, 0.6) is 0 Å². The summed E-state index contributed by atoms with van der Waals surface area (Å²) in [6.45, 7) is 3.55. The van der Waals surface area contributed by atoms with Crippen LogP contribution in [-0.4, -0.2) is 43.3 Å². The van der Waals surface area contributed by atoms with Crippen LogP contribution in [0, 0.1) is 0 Å². The molecular formula is C13H20N2O4S. The predicted octanol–water partition coefficient (Wildman–Crippen LogP) is 1.69. The van der Waals surface area contributed by atoms with Gasteiger partial charge < -0.3 is 4.90 Å². The van der Waals surface area contributed by atoms with Gasteiger partial charge in [-0.25, -0.2) is 5.06 Å². The number of benzene rings is 1. The van der Waals surface area contributed by atoms with Crippen LogP contribution in [0.25, 0.3) is 0 Å². The minimum absolute atomic E-state index is 0.312. The van der Waals surface area contributed by atoms with E-state index in [1.807, 2.05) is 26.4 Å². The smallest absolute Gasteiger partial charge is 0.269 e. The molecule has 1 aliphatic heterocycles. The predicted molar refractivity (Wildman–Crippen MR) is 76.9 cm³/mol. The molecule has 0 atom stereocenters. The molecule has 7 heteroatoms. The van der Waals surface area contributed by atoms with E-state index in [-0.39, 0.29) is 5.75 Å². The Bertz CT molecular complexity index is 516. The highest BCUT2D eigenvalue weighted by atomic mass is 32.2. The number of nitrogens with zero attached hydrogens (tertiary/aromatic N) is 2. The van der Waals surface area contributed by atoms with Gasteiger partial charge in [-0.3, -0.25) is 9.39 Å². The average Bonchev–Trinajstić information content (AvgIpc) is 2.75. The fraction of sp³-hybridized carbons (Fsp3) is 0.385. The van der Waals surface area contributed by atoms with Crippen molar-refractivity contribution < 1.29 is 17.8 Å². The molecule has 0 aliphatic carbocycles. The monoisotopic (exact) mass is 300 g/mol. The van der Waals surface area contributed by atoms with Crippen molar-refractivity contribution in [3.63, 3.8) is 0 Å². The quantitative estimate of drug-likeness (QED) is 0.853. The maximum atomic E-state index is 10.4. The third-order valence-corrected chi connectivity index (χ3v) is 3.03. The molecule has 1 heterocycles. The van der Waals surface area contributed by atoms with Gasteiger partial charge in [0.15, 0.2) is 0 Å². The molecule has 0 spiro atoms. The fourth-order valence-corrected chi connectivity index (χ4v) is 2.15. The van der Waals surface area contributed by atoms with E-state index in [4.69, 9.17) is 9.39 Å². The zero-order valence-electron chi connectivity index (χ0n) is 11.6. The highest BCUT2D eigenvalue weighted by Gasteiger charge is 2.06. The van der Waals surface area contributed by atoms with E-state index in [0.717, 1.165) is 13.3 Å². The van der Waals surface area contributed by atoms with Crippen molar-refractivity contribution in [2.75, 3.05) is 20.3 Å². The van der Waals surface area contributed by atoms with Gasteiger partial charge in [0.05, 0.1) is 6.61 Å². The maximum Gasteiger partial charge on any atom is 0.269 e. The zero-order chi connectivity index (χ0) is 15.0. The van der Waals surface area contributed by atoms with Crippen molar-refractivity contribution in [3.8, 4) is 0 Å². The molecule has 1 aromatic rings. The number of hydroxylamine groups is 2. The second kappa shape index (κ2) is 7.88. The molecule has 0 saturated heterocycles. The van der Waals surface area contributed by atoms with E-state index >= 15 is 0 Å². The van der Waals surface area contributed by atoms with Crippen LogP contribution in [0.4, 0.5) is 0 Å². The summed E-state index contributed by atoms with van der Waals surface area (Å²) >= 11 is 0. The lowest BCUT2D eigenvalue weighted by Gasteiger charge is -2.15. The van der Waals surface area contributed by atoms with Gasteiger partial charge in [-0.2, -0.15) is 8.42 Å². The summed E-state index contributed by atoms with van der Waals surface area (Å²) in [5.74, 6) is -0.312. The molecule has 2 rings (SSSR count). The Morgan fingerprint density at radius 2 is 1.90 bits per heavy atom. The van der Waals surface area contributed by atoms with Gasteiger partial charge in [-0.15, -0.1) is 0 Å². The molecule has 0 saturated carbocycles. The summed E-state index contributed by atoms with van der Waals surface area (Å²) < 4.78 is 29.2. The molecule has 0 fully saturated rings. The molecule has 6 nitrogen and oxygen atoms in total. The molecule has 1 aliphatic rings. The lowest BCUT2D eigenvalue weighted by molar-refractivity contribution is -0.121. The molecule has 1 N–H and O–H groups in total. The zero-order valence-corrected chi connectivity index (χ0v) is 12.5. The largest absolute Gasteiger partial charge is 0.360 e. The summed E-state index contributed by atoms with van der Waals surface area (Å²) in [5, 5.41) is 1.81. The first-order chi connectivity index (χ1) is 9.40. The SMILES string of the molecule is CCON1C=CN(C)C1.O=S(=O)(O)Cc1ccccc1. The molecule has 0 unspecified atom stereocenters. The first-order valence-electron chi connectivity index (χ1n) is 6.18. The second-order valence-electron chi connectivity index (χ2n) is 4.24. The van der Waals surface area contributed by atoms with Crippen LogP contribution in [0.2, 0.25) is 0 Å². The summed E-state index contributed by atoms with van der Waals surface area (Å²) in [6, 6.07) is 8.52. The summed E-state index contributed by atoms with van der Waals surface area (Å²) in [6.07, 6.45) is 3.90. The Hall–Kier alpha value is -1.57. The number of hydrogen-bond acceptors (Lipinski definition) is 5. The first-order valence-corrected chi connectivity index (χ1v) is 7.79. The molecule has 1 aromatic carbocycles. The molecule has 0 radical (unpaired) electrons. The number of hydrogen-bond donors (Lipinski definition) is 1. The van der Waals surface area contributed by atoms with E-state index in [1.54, 1.807) is 35.4 Å². The Balaban J connectivity index is 0.000000204. The minimum Gasteiger partial charge on any atom is -0.360 e. The molecule has 112 valence electrons. The highest BCUT2D eigenvalue weighted by molar-refractivity contribution is 7.85. The fourth-order valence-electron chi connectivity index (χ4n) is 1.54. The topological polar surface area (TPSA) is 70.1 Å². The van der Waals surface area contributed by atoms with Gasteiger partial charge in [-0.05, 0) is 12.5 Å². The third kappa shape index (κ3) is 7.13. The van der Waals surface area contributed by atoms with Crippen LogP contribution >= 0.6 is 0 Å². The second-order valence-corrected chi connectivity index (χ2v) is 5.70. The van der Waals surface area contributed by atoms with E-state index in [9.17, 15) is 8.42 Å². The van der Waals surface area contributed by atoms with Crippen molar-refractivity contribution in [2.24, 2.45) is 0 Å². The summed E-state index contributed by atoms with van der Waals surface area (Å²) in [4.78, 5) is 7.23. The Morgan fingerprint density at radius 3 is 2.35 bits per heavy atom. The van der Waals surface area contributed by atoms with Crippen molar-refractivity contribution in [3.05, 3.63) is 48.3 Å². The molecule has 0 bridgehead atoms. The Labute approximate surface area is 120 Å². The Morgan fingerprint density at radius 1 is 1.25 bits per heavy atom. The Kier molecular flexibility index (Phi) is 6.50. The maximum absolute atomic E-state index is 10.4. The van der Waals surface area contributed by atoms with Crippen molar-refractivity contribution >= 4 is 10.1 Å².